The van der Waals surface area contributed by atoms with Crippen LogP contribution in [0.2, 0.25) is 0 Å². The van der Waals surface area contributed by atoms with Gasteiger partial charge in [-0.3, -0.25) is 0 Å². The third kappa shape index (κ3) is 35.5. The van der Waals surface area contributed by atoms with Crippen LogP contribution in [0.25, 0.3) is 0 Å². The smallest absolute Gasteiger partial charge is 0.181 e. The van der Waals surface area contributed by atoms with Crippen molar-refractivity contribution in [3.63, 3.8) is 0 Å². The maximum Gasteiger partial charge on any atom is 0.181 e. The normalized spacial score (nSPS) is 19.8. The number of sulfone groups is 7. The van der Waals surface area contributed by atoms with Crippen molar-refractivity contribution in [1.29, 1.82) is 5.26 Å². The summed E-state index contributed by atoms with van der Waals surface area (Å²) in [7, 11) is -22.8. The Kier molecular flexibility index (Phi) is 42.0. The van der Waals surface area contributed by atoms with Gasteiger partial charge in [-0.1, -0.05) is 156 Å². The van der Waals surface area contributed by atoms with Crippen molar-refractivity contribution in [1.82, 2.24) is 0 Å². The Labute approximate surface area is 703 Å². The molecule has 7 saturated carbocycles. The van der Waals surface area contributed by atoms with Crippen LogP contribution in [-0.2, 0) is 74.6 Å². The molecule has 0 amide bonds. The average molecular weight is 1770 g/mol. The molecule has 11 rings (SSSR count). The molecule has 4 aromatic carbocycles. The molecule has 0 saturated heterocycles. The standard InChI is InChI=1S/C16H24O3S.C15H22O3S.C14H17NO3S.C14H20O3S.C11H22O3S.C10H20O3S.C8H16O3S/c1-11-8-12(2)16(13(3)9-11)20(18,19)10-15(17)14-6-4-5-7-14;1-11-7-8-15(12(2)9-11)19(17,18)10-14(16)13-5-3-4-6-13;15-9-11-5-7-13(8-6-11)19(17,18)10-14(16)12-3-1-2-4-12;15-14(13-8-4-5-9-13)11-18(16,17)10-12-6-2-1-3-7-12;1-11(2,3)15(13,14)8-10(12)9-6-4-5-7-9;1-8(2)14(12,13)7-10(11)9-5-3-4-6-9;1-12(10,11)6-8(9)7-4-2-3-5-7/h8-9,14-15,17H,4-7,10H2,1-3H3;7-9,13-14,16H,3-6,10H2,1-2H3;5-8,12,14,16H,1-4,10H2;1-3,6-7,13-15H,4-5,8-11H2;9-10,12H,4-8H2,1-3H3;8-11H,3-7H2,1-2H3;7-9H,2-6H2,1H3/t15-;3*14-;2*10-;8-/m1111111/s1. The fraction of sp³-hybridized carbons (Fsp3) is 0.716. The molecule has 117 heavy (non-hydrogen) atoms. The van der Waals surface area contributed by atoms with E-state index in [1.54, 1.807) is 52.8 Å². The van der Waals surface area contributed by atoms with Crippen molar-refractivity contribution >= 4 is 68.9 Å². The van der Waals surface area contributed by atoms with E-state index in [1.807, 2.05) is 83.2 Å². The second-order valence-electron chi connectivity index (χ2n) is 35.7. The molecule has 0 unspecified atom stereocenters. The highest BCUT2D eigenvalue weighted by atomic mass is 32.2. The highest BCUT2D eigenvalue weighted by Crippen LogP contribution is 2.36. The van der Waals surface area contributed by atoms with Crippen LogP contribution in [0.5, 0.6) is 0 Å². The first-order valence-electron chi connectivity index (χ1n) is 42.4. The average Bonchev–Trinajstić information content (AvgIpc) is 1.64. The summed E-state index contributed by atoms with van der Waals surface area (Å²) >= 11 is 0. The summed E-state index contributed by atoms with van der Waals surface area (Å²) in [5.74, 6) is 0.386. The van der Waals surface area contributed by atoms with Crippen molar-refractivity contribution < 1.29 is 94.7 Å². The van der Waals surface area contributed by atoms with E-state index in [2.05, 4.69) is 0 Å². The first kappa shape index (κ1) is 103. The van der Waals surface area contributed by atoms with Gasteiger partial charge in [0.2, 0.25) is 0 Å². The SMILES string of the molecule is CC(C)(C)S(=O)(=O)C[C@@H](O)C1CCCC1.CC(C)S(=O)(=O)C[C@@H](O)C1CCCC1.CS(=O)(=O)C[C@@H](O)C1CCCC1.Cc1cc(C)c(S(=O)(=O)C[C@@H](O)C2CCCC2)c(C)c1.Cc1ccc(S(=O)(=O)C[C@@H](O)C2CCCC2)c(C)c1.N#Cc1ccc(S(=O)(=O)C[C@@H](O)C2CCCC2)cc1.O=S(=O)(Cc1ccccc1)C[C@@H](O)C1CCCC1. The lowest BCUT2D eigenvalue weighted by Gasteiger charge is -2.24. The van der Waals surface area contributed by atoms with E-state index in [0.29, 0.717) is 15.4 Å². The topological polar surface area (TPSA) is 404 Å². The molecule has 7 N–H and O–H groups in total. The summed E-state index contributed by atoms with van der Waals surface area (Å²) in [5.41, 5.74) is 5.65. The maximum absolute atomic E-state index is 12.6. The molecule has 0 aliphatic heterocycles. The van der Waals surface area contributed by atoms with E-state index < -0.39 is 116 Å². The molecule has 0 radical (unpaired) electrons. The summed E-state index contributed by atoms with van der Waals surface area (Å²) in [6, 6.07) is 26.0. The molecular weight excluding hydrogens is 1630 g/mol. The number of benzene rings is 4. The Morgan fingerprint density at radius 2 is 0.692 bits per heavy atom. The summed E-state index contributed by atoms with van der Waals surface area (Å²) in [5, 5.41) is 77.7. The minimum absolute atomic E-state index is 0.0254. The molecule has 7 aliphatic carbocycles. The molecule has 4 aromatic rings. The van der Waals surface area contributed by atoms with Gasteiger partial charge in [-0.15, -0.1) is 0 Å². The van der Waals surface area contributed by atoms with Gasteiger partial charge in [0.1, 0.15) is 9.84 Å². The number of hydrogen-bond acceptors (Lipinski definition) is 22. The lowest BCUT2D eigenvalue weighted by Crippen LogP contribution is -2.37. The highest BCUT2D eigenvalue weighted by Gasteiger charge is 2.37. The van der Waals surface area contributed by atoms with Crippen LogP contribution in [0.4, 0.5) is 0 Å². The number of nitriles is 1. The van der Waals surface area contributed by atoms with Gasteiger partial charge in [-0.2, -0.15) is 5.26 Å². The van der Waals surface area contributed by atoms with Crippen LogP contribution in [0, 0.1) is 87.4 Å². The Morgan fingerprint density at radius 1 is 0.376 bits per heavy atom. The minimum Gasteiger partial charge on any atom is -0.392 e. The van der Waals surface area contributed by atoms with Crippen molar-refractivity contribution in [3.8, 4) is 6.07 Å². The lowest BCUT2D eigenvalue weighted by molar-refractivity contribution is 0.131. The van der Waals surface area contributed by atoms with Crippen LogP contribution < -0.4 is 0 Å². The van der Waals surface area contributed by atoms with Gasteiger partial charge in [-0.25, -0.2) is 58.9 Å². The van der Waals surface area contributed by atoms with E-state index >= 15 is 0 Å². The molecule has 0 heterocycles. The second kappa shape index (κ2) is 47.6. The number of nitrogens with zero attached hydrogens (tertiary/aromatic N) is 1. The third-order valence-electron chi connectivity index (χ3n) is 24.3. The number of hydrogen-bond donors (Lipinski definition) is 7. The second-order valence-corrected chi connectivity index (χ2v) is 51.4. The number of aliphatic hydroxyl groups excluding tert-OH is 7. The quantitative estimate of drug-likeness (QED) is 0.0291. The van der Waals surface area contributed by atoms with Crippen LogP contribution in [0.1, 0.15) is 253 Å². The fourth-order valence-corrected chi connectivity index (χ4v) is 27.2. The first-order valence-corrected chi connectivity index (χ1v) is 54.6. The number of aryl methyl sites for hydroxylation is 5. The van der Waals surface area contributed by atoms with Crippen LogP contribution in [0.15, 0.2) is 99.6 Å². The Hall–Kier alpha value is -4.26. The van der Waals surface area contributed by atoms with Gasteiger partial charge >= 0.3 is 0 Å². The van der Waals surface area contributed by atoms with Crippen molar-refractivity contribution in [2.24, 2.45) is 41.4 Å². The molecular formula is C88H141NO21S7. The minimum atomic E-state index is -3.48. The van der Waals surface area contributed by atoms with Crippen molar-refractivity contribution in [2.45, 2.75) is 322 Å². The monoisotopic (exact) mass is 1770 g/mol. The molecule has 29 heteroatoms. The van der Waals surface area contributed by atoms with E-state index in [4.69, 9.17) is 5.26 Å². The molecule has 666 valence electrons. The van der Waals surface area contributed by atoms with Gasteiger partial charge in [-0.05, 0) is 253 Å². The van der Waals surface area contributed by atoms with E-state index in [9.17, 15) is 94.7 Å². The molecule has 22 nitrogen and oxygen atoms in total. The molecule has 7 atom stereocenters. The zero-order valence-corrected chi connectivity index (χ0v) is 77.1. The first-order chi connectivity index (χ1) is 54.5. The molecule has 7 aliphatic rings. The maximum atomic E-state index is 12.6. The Morgan fingerprint density at radius 3 is 1.03 bits per heavy atom. The number of rotatable bonds is 27. The Balaban J connectivity index is 0.000000245. The third-order valence-corrected chi connectivity index (χ3v) is 37.5. The predicted octanol–water partition coefficient (Wildman–Crippen LogP) is 13.3. The summed E-state index contributed by atoms with van der Waals surface area (Å²) in [6.45, 7) is 17.7. The van der Waals surface area contributed by atoms with Gasteiger partial charge in [0.15, 0.2) is 59.0 Å². The fourth-order valence-electron chi connectivity index (χ4n) is 17.2. The largest absolute Gasteiger partial charge is 0.392 e. The number of aliphatic hydroxyl groups is 7. The van der Waals surface area contributed by atoms with Crippen LogP contribution in [0.3, 0.4) is 0 Å². The lowest BCUT2D eigenvalue weighted by atomic mass is 10.0. The van der Waals surface area contributed by atoms with Gasteiger partial charge in [0.05, 0.1) is 125 Å². The summed E-state index contributed by atoms with van der Waals surface area (Å²) in [6.07, 6.45) is 25.2. The molecule has 7 fully saturated rings. The van der Waals surface area contributed by atoms with E-state index in [1.165, 1.54) is 30.5 Å². The molecule has 0 aromatic heterocycles. The van der Waals surface area contributed by atoms with Gasteiger partial charge in [0, 0.05) is 6.26 Å². The van der Waals surface area contributed by atoms with Crippen molar-refractivity contribution in [3.05, 3.63) is 124 Å². The van der Waals surface area contributed by atoms with Crippen LogP contribution in [-0.4, -0.2) is 194 Å². The van der Waals surface area contributed by atoms with Gasteiger partial charge < -0.3 is 35.7 Å². The zero-order valence-electron chi connectivity index (χ0n) is 71.3. The molecule has 0 bridgehead atoms. The summed E-state index contributed by atoms with van der Waals surface area (Å²) in [4.78, 5) is 0.929. The van der Waals surface area contributed by atoms with E-state index in [-0.39, 0.29) is 97.6 Å². The highest BCUT2D eigenvalue weighted by molar-refractivity contribution is 7.93. The predicted molar refractivity (Wildman–Crippen MR) is 466 cm³/mol. The van der Waals surface area contributed by atoms with Gasteiger partial charge in [0.25, 0.3) is 0 Å². The summed E-state index contributed by atoms with van der Waals surface area (Å²) < 4.78 is 166. The van der Waals surface area contributed by atoms with E-state index in [0.717, 1.165) is 213 Å². The van der Waals surface area contributed by atoms with Crippen molar-refractivity contribution in [2.75, 3.05) is 46.5 Å². The Bertz CT molecular complexity index is 4520. The zero-order chi connectivity index (χ0) is 87.5. The molecule has 0 spiro atoms. The van der Waals surface area contributed by atoms with Crippen LogP contribution >= 0.6 is 0 Å².